The molecular weight excluding hydrogens is 374 g/mol. The fraction of sp³-hybridized carbons (Fsp3) is 0.588. The van der Waals surface area contributed by atoms with E-state index in [-0.39, 0.29) is 5.91 Å². The number of fused-ring (bicyclic) bond motifs is 1. The monoisotopic (exact) mass is 395 g/mol. The molecule has 1 saturated carbocycles. The molecule has 23 heavy (non-hydrogen) atoms. The van der Waals surface area contributed by atoms with Crippen LogP contribution in [0.5, 0.6) is 0 Å². The Balaban J connectivity index is 1.67. The summed E-state index contributed by atoms with van der Waals surface area (Å²) in [4.78, 5) is 17.4. The second kappa shape index (κ2) is 6.22. The van der Waals surface area contributed by atoms with E-state index in [0.717, 1.165) is 48.8 Å². The van der Waals surface area contributed by atoms with Gasteiger partial charge in [0.05, 0.1) is 14.7 Å². The molecule has 2 fully saturated rings. The van der Waals surface area contributed by atoms with Crippen LogP contribution in [-0.4, -0.2) is 53.5 Å². The van der Waals surface area contributed by atoms with Crippen LogP contribution < -0.4 is 0 Å². The summed E-state index contributed by atoms with van der Waals surface area (Å²) in [5.41, 5.74) is 2.09. The van der Waals surface area contributed by atoms with Gasteiger partial charge in [-0.15, -0.1) is 11.3 Å². The molecule has 1 aliphatic heterocycles. The Bertz CT molecular complexity index is 726. The lowest BCUT2D eigenvalue weighted by Crippen LogP contribution is -2.47. The maximum Gasteiger partial charge on any atom is 0.270 e. The number of aromatic nitrogens is 1. The van der Waals surface area contributed by atoms with Gasteiger partial charge in [-0.3, -0.25) is 4.79 Å². The molecule has 0 atom stereocenters. The molecule has 1 saturated heterocycles. The highest BCUT2D eigenvalue weighted by Gasteiger charge is 2.27. The SMILES string of the molecule is CN1CCN(C(=O)c2cc3scc(Br)c3n2CC2CCC2)CC1. The fourth-order valence-electron chi connectivity index (χ4n) is 3.50. The lowest BCUT2D eigenvalue weighted by Gasteiger charge is -2.33. The summed E-state index contributed by atoms with van der Waals surface area (Å²) < 4.78 is 4.61. The van der Waals surface area contributed by atoms with Crippen molar-refractivity contribution in [3.8, 4) is 0 Å². The van der Waals surface area contributed by atoms with Gasteiger partial charge in [-0.25, -0.2) is 0 Å². The number of piperazine rings is 1. The second-order valence-electron chi connectivity index (χ2n) is 6.83. The van der Waals surface area contributed by atoms with E-state index < -0.39 is 0 Å². The van der Waals surface area contributed by atoms with E-state index in [9.17, 15) is 4.79 Å². The van der Waals surface area contributed by atoms with Gasteiger partial charge in [-0.05, 0) is 47.8 Å². The van der Waals surface area contributed by atoms with Gasteiger partial charge in [0.2, 0.25) is 0 Å². The van der Waals surface area contributed by atoms with Gasteiger partial charge in [0, 0.05) is 38.1 Å². The molecule has 1 aliphatic carbocycles. The number of amides is 1. The van der Waals surface area contributed by atoms with Gasteiger partial charge in [-0.1, -0.05) is 6.42 Å². The summed E-state index contributed by atoms with van der Waals surface area (Å²) in [6.45, 7) is 4.57. The second-order valence-corrected chi connectivity index (χ2v) is 8.59. The summed E-state index contributed by atoms with van der Waals surface area (Å²) in [6, 6.07) is 2.10. The largest absolute Gasteiger partial charge is 0.335 e. The van der Waals surface area contributed by atoms with Crippen molar-refractivity contribution in [1.82, 2.24) is 14.4 Å². The maximum atomic E-state index is 13.1. The number of hydrogen-bond acceptors (Lipinski definition) is 3. The molecule has 2 aliphatic rings. The number of rotatable bonds is 3. The minimum absolute atomic E-state index is 0.202. The summed E-state index contributed by atoms with van der Waals surface area (Å²) in [5.74, 6) is 0.934. The van der Waals surface area contributed by atoms with Gasteiger partial charge >= 0.3 is 0 Å². The van der Waals surface area contributed by atoms with E-state index in [1.54, 1.807) is 11.3 Å². The van der Waals surface area contributed by atoms with Crippen LogP contribution in [0.1, 0.15) is 29.8 Å². The van der Waals surface area contributed by atoms with E-state index in [2.05, 4.69) is 43.9 Å². The summed E-state index contributed by atoms with van der Waals surface area (Å²) >= 11 is 5.39. The van der Waals surface area contributed by atoms with E-state index >= 15 is 0 Å². The molecule has 2 aromatic heterocycles. The molecule has 2 aromatic rings. The zero-order valence-electron chi connectivity index (χ0n) is 13.4. The number of likely N-dealkylation sites (N-methyl/N-ethyl adjacent to an activating group) is 1. The first-order valence-corrected chi connectivity index (χ1v) is 10.0. The van der Waals surface area contributed by atoms with Crippen LogP contribution in [0.2, 0.25) is 0 Å². The van der Waals surface area contributed by atoms with Crippen LogP contribution in [0, 0.1) is 5.92 Å². The van der Waals surface area contributed by atoms with Crippen molar-refractivity contribution in [2.24, 2.45) is 5.92 Å². The molecule has 4 nitrogen and oxygen atoms in total. The zero-order chi connectivity index (χ0) is 16.0. The van der Waals surface area contributed by atoms with Gasteiger partial charge in [0.1, 0.15) is 5.69 Å². The first-order chi connectivity index (χ1) is 11.1. The molecule has 124 valence electrons. The standard InChI is InChI=1S/C17H22BrN3OS/c1-19-5-7-20(8-6-19)17(22)14-9-15-16(13(18)11-23-15)21(14)10-12-3-2-4-12/h9,11-12H,2-8,10H2,1H3. The molecule has 0 radical (unpaired) electrons. The number of hydrogen-bond donors (Lipinski definition) is 0. The molecule has 3 heterocycles. The number of thiophene rings is 1. The van der Waals surface area contributed by atoms with Crippen LogP contribution in [-0.2, 0) is 6.54 Å². The smallest absolute Gasteiger partial charge is 0.270 e. The Labute approximate surface area is 149 Å². The van der Waals surface area contributed by atoms with Crippen LogP contribution in [0.4, 0.5) is 0 Å². The first-order valence-electron chi connectivity index (χ1n) is 8.37. The minimum atomic E-state index is 0.202. The van der Waals surface area contributed by atoms with E-state index in [0.29, 0.717) is 0 Å². The molecular formula is C17H22BrN3OS. The molecule has 0 spiro atoms. The average Bonchev–Trinajstić information content (AvgIpc) is 3.04. The van der Waals surface area contributed by atoms with Crippen LogP contribution in [0.25, 0.3) is 10.2 Å². The highest BCUT2D eigenvalue weighted by Crippen LogP contribution is 2.36. The number of carbonyl (C=O) groups excluding carboxylic acids is 1. The zero-order valence-corrected chi connectivity index (χ0v) is 15.8. The Hall–Kier alpha value is -0.850. The van der Waals surface area contributed by atoms with Gasteiger partial charge < -0.3 is 14.4 Å². The normalized spacial score (nSPS) is 20.2. The van der Waals surface area contributed by atoms with Crippen molar-refractivity contribution < 1.29 is 4.79 Å². The van der Waals surface area contributed by atoms with Crippen molar-refractivity contribution >= 4 is 43.4 Å². The van der Waals surface area contributed by atoms with Crippen molar-refractivity contribution in [2.75, 3.05) is 33.2 Å². The van der Waals surface area contributed by atoms with Crippen LogP contribution in [0.15, 0.2) is 15.9 Å². The van der Waals surface area contributed by atoms with Crippen LogP contribution in [0.3, 0.4) is 0 Å². The maximum absolute atomic E-state index is 13.1. The molecule has 0 N–H and O–H groups in total. The fourth-order valence-corrected chi connectivity index (χ4v) is 5.20. The molecule has 1 amide bonds. The van der Waals surface area contributed by atoms with E-state index in [1.807, 2.05) is 4.90 Å². The van der Waals surface area contributed by atoms with Crippen molar-refractivity contribution in [3.63, 3.8) is 0 Å². The minimum Gasteiger partial charge on any atom is -0.335 e. The van der Waals surface area contributed by atoms with Gasteiger partial charge in [0.25, 0.3) is 5.91 Å². The van der Waals surface area contributed by atoms with Crippen molar-refractivity contribution in [1.29, 1.82) is 0 Å². The number of halogens is 1. The Morgan fingerprint density at radius 1 is 1.30 bits per heavy atom. The lowest BCUT2D eigenvalue weighted by atomic mass is 9.85. The molecule has 0 bridgehead atoms. The molecule has 0 unspecified atom stereocenters. The van der Waals surface area contributed by atoms with Gasteiger partial charge in [-0.2, -0.15) is 0 Å². The summed E-state index contributed by atoms with van der Waals surface area (Å²) in [7, 11) is 2.12. The third kappa shape index (κ3) is 2.85. The predicted molar refractivity (Wildman–Crippen MR) is 98.3 cm³/mol. The third-order valence-electron chi connectivity index (χ3n) is 5.25. The number of nitrogens with zero attached hydrogens (tertiary/aromatic N) is 3. The highest BCUT2D eigenvalue weighted by atomic mass is 79.9. The Morgan fingerprint density at radius 2 is 2.04 bits per heavy atom. The van der Waals surface area contributed by atoms with Crippen molar-refractivity contribution in [3.05, 3.63) is 21.6 Å². The predicted octanol–water partition coefficient (Wildman–Crippen LogP) is 3.65. The Kier molecular flexibility index (Phi) is 4.24. The molecule has 4 rings (SSSR count). The Morgan fingerprint density at radius 3 is 2.70 bits per heavy atom. The van der Waals surface area contributed by atoms with E-state index in [1.165, 1.54) is 29.5 Å². The quantitative estimate of drug-likeness (QED) is 0.793. The topological polar surface area (TPSA) is 28.5 Å². The molecule has 6 heteroatoms. The summed E-state index contributed by atoms with van der Waals surface area (Å²) in [5, 5.41) is 2.13. The average molecular weight is 396 g/mol. The van der Waals surface area contributed by atoms with Gasteiger partial charge in [0.15, 0.2) is 0 Å². The lowest BCUT2D eigenvalue weighted by molar-refractivity contribution is 0.0651. The van der Waals surface area contributed by atoms with Crippen LogP contribution >= 0.6 is 27.3 Å². The highest BCUT2D eigenvalue weighted by molar-refractivity contribution is 9.10. The van der Waals surface area contributed by atoms with E-state index in [4.69, 9.17) is 0 Å². The molecule has 0 aromatic carbocycles. The summed E-state index contributed by atoms with van der Waals surface area (Å²) in [6.07, 6.45) is 3.93. The van der Waals surface area contributed by atoms with Crippen molar-refractivity contribution in [2.45, 2.75) is 25.8 Å². The third-order valence-corrected chi connectivity index (χ3v) is 7.08. The first kappa shape index (κ1) is 15.7. The number of carbonyl (C=O) groups is 1.